The first kappa shape index (κ1) is 12.2. The lowest BCUT2D eigenvalue weighted by Crippen LogP contribution is -2.26. The molecule has 2 rings (SSSR count). The van der Waals surface area contributed by atoms with Gasteiger partial charge in [0.2, 0.25) is 5.76 Å². The third-order valence-corrected chi connectivity index (χ3v) is 2.64. The lowest BCUT2D eigenvalue weighted by atomic mass is 10.2. The molecule has 0 atom stereocenters. The third-order valence-electron chi connectivity index (χ3n) is 2.64. The van der Waals surface area contributed by atoms with Crippen molar-refractivity contribution in [1.82, 2.24) is 4.98 Å². The summed E-state index contributed by atoms with van der Waals surface area (Å²) in [4.78, 5) is 17.7. The fourth-order valence-electron chi connectivity index (χ4n) is 1.68. The minimum atomic E-state index is -0.265. The van der Waals surface area contributed by atoms with E-state index in [1.54, 1.807) is 33.0 Å². The molecule has 0 fully saturated rings. The Morgan fingerprint density at radius 1 is 1.28 bits per heavy atom. The summed E-state index contributed by atoms with van der Waals surface area (Å²) in [5.41, 5.74) is 1.24. The first-order valence-electron chi connectivity index (χ1n) is 5.50. The molecule has 0 radical (unpaired) electrons. The SMILES string of the molecule is Cc1nc(C)c(C(=O)N(C)c2ccc(O)cc2)o1. The second-order valence-electron chi connectivity index (χ2n) is 4.03. The number of rotatable bonds is 2. The molecule has 0 aliphatic heterocycles. The summed E-state index contributed by atoms with van der Waals surface area (Å²) in [5.74, 6) is 0.600. The van der Waals surface area contributed by atoms with Crippen molar-refractivity contribution in [2.45, 2.75) is 13.8 Å². The number of hydrogen-bond acceptors (Lipinski definition) is 4. The quantitative estimate of drug-likeness (QED) is 0.882. The fourth-order valence-corrected chi connectivity index (χ4v) is 1.68. The molecule has 0 spiro atoms. The number of oxazole rings is 1. The van der Waals surface area contributed by atoms with Crippen LogP contribution in [0.2, 0.25) is 0 Å². The van der Waals surface area contributed by atoms with E-state index in [2.05, 4.69) is 4.98 Å². The van der Waals surface area contributed by atoms with Gasteiger partial charge in [0.05, 0.1) is 5.69 Å². The standard InChI is InChI=1S/C13H14N2O3/c1-8-12(18-9(2)14-8)13(17)15(3)10-4-6-11(16)7-5-10/h4-7,16H,1-3H3. The van der Waals surface area contributed by atoms with Crippen LogP contribution in [0.25, 0.3) is 0 Å². The molecule has 2 aromatic rings. The predicted octanol–water partition coefficient (Wildman–Crippen LogP) is 2.27. The summed E-state index contributed by atoms with van der Waals surface area (Å²) in [6.45, 7) is 3.43. The highest BCUT2D eigenvalue weighted by Gasteiger charge is 2.20. The van der Waals surface area contributed by atoms with Gasteiger partial charge in [-0.05, 0) is 31.2 Å². The molecule has 0 saturated carbocycles. The molecule has 18 heavy (non-hydrogen) atoms. The second-order valence-corrected chi connectivity index (χ2v) is 4.03. The first-order valence-corrected chi connectivity index (χ1v) is 5.50. The van der Waals surface area contributed by atoms with Crippen LogP contribution in [0, 0.1) is 13.8 Å². The van der Waals surface area contributed by atoms with Crippen LogP contribution in [-0.4, -0.2) is 23.0 Å². The van der Waals surface area contributed by atoms with Gasteiger partial charge < -0.3 is 14.4 Å². The largest absolute Gasteiger partial charge is 0.508 e. The van der Waals surface area contributed by atoms with Crippen molar-refractivity contribution >= 4 is 11.6 Å². The average Bonchev–Trinajstić information content (AvgIpc) is 2.67. The van der Waals surface area contributed by atoms with Gasteiger partial charge in [0.15, 0.2) is 5.89 Å². The van der Waals surface area contributed by atoms with Crippen molar-refractivity contribution < 1.29 is 14.3 Å². The molecular weight excluding hydrogens is 232 g/mol. The molecule has 94 valence electrons. The van der Waals surface area contributed by atoms with Crippen LogP contribution in [0.5, 0.6) is 5.75 Å². The maximum absolute atomic E-state index is 12.2. The summed E-state index contributed by atoms with van der Waals surface area (Å²) in [5, 5.41) is 9.21. The lowest BCUT2D eigenvalue weighted by Gasteiger charge is -2.15. The highest BCUT2D eigenvalue weighted by molar-refractivity contribution is 6.04. The summed E-state index contributed by atoms with van der Waals surface area (Å²) in [7, 11) is 1.64. The zero-order chi connectivity index (χ0) is 13.3. The molecule has 0 aliphatic rings. The molecule has 1 aromatic carbocycles. The number of aromatic nitrogens is 1. The van der Waals surface area contributed by atoms with Gasteiger partial charge in [-0.2, -0.15) is 0 Å². The molecule has 1 N–H and O–H groups in total. The monoisotopic (exact) mass is 246 g/mol. The predicted molar refractivity (Wildman–Crippen MR) is 66.8 cm³/mol. The zero-order valence-corrected chi connectivity index (χ0v) is 10.5. The smallest absolute Gasteiger partial charge is 0.295 e. The Morgan fingerprint density at radius 2 is 1.89 bits per heavy atom. The van der Waals surface area contributed by atoms with Crippen LogP contribution in [0.3, 0.4) is 0 Å². The fraction of sp³-hybridized carbons (Fsp3) is 0.231. The van der Waals surface area contributed by atoms with E-state index in [9.17, 15) is 9.90 Å². The Kier molecular flexibility index (Phi) is 3.06. The van der Waals surface area contributed by atoms with Crippen molar-refractivity contribution in [3.63, 3.8) is 0 Å². The van der Waals surface area contributed by atoms with Gasteiger partial charge in [-0.3, -0.25) is 4.79 Å². The number of aromatic hydroxyl groups is 1. The molecule has 1 aromatic heterocycles. The number of anilines is 1. The van der Waals surface area contributed by atoms with Crippen molar-refractivity contribution in [1.29, 1.82) is 0 Å². The molecule has 5 nitrogen and oxygen atoms in total. The summed E-state index contributed by atoms with van der Waals surface area (Å²) in [6.07, 6.45) is 0. The maximum atomic E-state index is 12.2. The molecule has 5 heteroatoms. The second kappa shape index (κ2) is 4.52. The van der Waals surface area contributed by atoms with Crippen molar-refractivity contribution in [2.24, 2.45) is 0 Å². The molecule has 1 heterocycles. The van der Waals surface area contributed by atoms with Gasteiger partial charge >= 0.3 is 0 Å². The van der Waals surface area contributed by atoms with Crippen LogP contribution in [-0.2, 0) is 0 Å². The number of benzene rings is 1. The van der Waals surface area contributed by atoms with E-state index in [0.717, 1.165) is 0 Å². The number of phenolic OH excluding ortho intramolecular Hbond substituents is 1. The van der Waals surface area contributed by atoms with Gasteiger partial charge in [0, 0.05) is 19.7 Å². The van der Waals surface area contributed by atoms with Gasteiger partial charge in [-0.15, -0.1) is 0 Å². The first-order chi connectivity index (χ1) is 8.49. The van der Waals surface area contributed by atoms with E-state index < -0.39 is 0 Å². The van der Waals surface area contributed by atoms with Crippen molar-refractivity contribution in [3.05, 3.63) is 41.6 Å². The highest BCUT2D eigenvalue weighted by atomic mass is 16.4. The van der Waals surface area contributed by atoms with Gasteiger partial charge in [-0.1, -0.05) is 0 Å². The zero-order valence-electron chi connectivity index (χ0n) is 10.5. The Labute approximate surface area is 105 Å². The highest BCUT2D eigenvalue weighted by Crippen LogP contribution is 2.20. The Balaban J connectivity index is 2.29. The Morgan fingerprint density at radius 3 is 2.39 bits per heavy atom. The molecule has 0 unspecified atom stereocenters. The van der Waals surface area contributed by atoms with Crippen LogP contribution < -0.4 is 4.90 Å². The molecule has 0 saturated heterocycles. The minimum absolute atomic E-state index is 0.159. The summed E-state index contributed by atoms with van der Waals surface area (Å²) < 4.78 is 5.29. The van der Waals surface area contributed by atoms with Crippen LogP contribution in [0.1, 0.15) is 22.1 Å². The van der Waals surface area contributed by atoms with Gasteiger partial charge in [0.1, 0.15) is 5.75 Å². The van der Waals surface area contributed by atoms with E-state index in [-0.39, 0.29) is 17.4 Å². The Hall–Kier alpha value is -2.30. The number of hydrogen-bond donors (Lipinski definition) is 1. The van der Waals surface area contributed by atoms with E-state index in [4.69, 9.17) is 4.42 Å². The van der Waals surface area contributed by atoms with E-state index in [1.807, 2.05) is 0 Å². The van der Waals surface area contributed by atoms with E-state index >= 15 is 0 Å². The molecule has 0 bridgehead atoms. The van der Waals surface area contributed by atoms with Crippen molar-refractivity contribution in [2.75, 3.05) is 11.9 Å². The maximum Gasteiger partial charge on any atom is 0.295 e. The van der Waals surface area contributed by atoms with Gasteiger partial charge in [0.25, 0.3) is 5.91 Å². The summed E-state index contributed by atoms with van der Waals surface area (Å²) >= 11 is 0. The summed E-state index contributed by atoms with van der Waals surface area (Å²) in [6, 6.07) is 6.37. The number of phenols is 1. The Bertz CT molecular complexity index is 572. The number of aryl methyl sites for hydroxylation is 2. The number of carbonyl (C=O) groups is 1. The van der Waals surface area contributed by atoms with Crippen LogP contribution >= 0.6 is 0 Å². The lowest BCUT2D eigenvalue weighted by molar-refractivity contribution is 0.0964. The number of carbonyl (C=O) groups excluding carboxylic acids is 1. The number of nitrogens with zero attached hydrogens (tertiary/aromatic N) is 2. The van der Waals surface area contributed by atoms with Crippen molar-refractivity contribution in [3.8, 4) is 5.75 Å². The molecule has 0 aliphatic carbocycles. The topological polar surface area (TPSA) is 66.6 Å². The molecular formula is C13H14N2O3. The average molecular weight is 246 g/mol. The van der Waals surface area contributed by atoms with E-state index in [1.165, 1.54) is 17.0 Å². The molecule has 1 amide bonds. The van der Waals surface area contributed by atoms with Crippen LogP contribution in [0.15, 0.2) is 28.7 Å². The number of amides is 1. The minimum Gasteiger partial charge on any atom is -0.508 e. The van der Waals surface area contributed by atoms with Crippen LogP contribution in [0.4, 0.5) is 5.69 Å². The van der Waals surface area contributed by atoms with E-state index in [0.29, 0.717) is 17.3 Å². The third kappa shape index (κ3) is 2.20. The van der Waals surface area contributed by atoms with Gasteiger partial charge in [-0.25, -0.2) is 4.98 Å². The normalized spacial score (nSPS) is 10.4.